The van der Waals surface area contributed by atoms with Crippen molar-refractivity contribution in [2.24, 2.45) is 0 Å². The van der Waals surface area contributed by atoms with E-state index in [4.69, 9.17) is 0 Å². The lowest BCUT2D eigenvalue weighted by Gasteiger charge is -2.11. The van der Waals surface area contributed by atoms with Crippen molar-refractivity contribution < 1.29 is 0 Å². The first-order valence-corrected chi connectivity index (χ1v) is 8.64. The van der Waals surface area contributed by atoms with E-state index in [2.05, 4.69) is 79.4 Å². The molecule has 0 aliphatic heterocycles. The Morgan fingerprint density at radius 1 is 0.842 bits per heavy atom. The fraction of sp³-hybridized carbons (Fsp3) is 0.222. The highest BCUT2D eigenvalue weighted by atomic mass is 28.3. The molecule has 19 heavy (non-hydrogen) atoms. The topological polar surface area (TPSA) is 0 Å². The quantitative estimate of drug-likeness (QED) is 0.553. The van der Waals surface area contributed by atoms with E-state index in [-0.39, 0.29) is 0 Å². The molecule has 0 N–H and O–H groups in total. The highest BCUT2D eigenvalue weighted by Crippen LogP contribution is 1.99. The van der Waals surface area contributed by atoms with E-state index in [9.17, 15) is 0 Å². The fourth-order valence-corrected chi connectivity index (χ4v) is 4.34. The predicted octanol–water partition coefficient (Wildman–Crippen LogP) is 3.58. The van der Waals surface area contributed by atoms with Gasteiger partial charge in [-0.3, -0.25) is 0 Å². The molecular weight excluding hydrogens is 244 g/mol. The molecule has 0 heterocycles. The van der Waals surface area contributed by atoms with E-state index < -0.39 is 8.80 Å². The smallest absolute Gasteiger partial charge is 0.0919 e. The number of rotatable bonds is 6. The third-order valence-electron chi connectivity index (χ3n) is 3.18. The molecule has 0 spiro atoms. The van der Waals surface area contributed by atoms with Crippen molar-refractivity contribution in [3.8, 4) is 0 Å². The number of allylic oxidation sites excluding steroid dienone is 1. The van der Waals surface area contributed by atoms with Gasteiger partial charge in [-0.05, 0) is 6.42 Å². The molecule has 0 aromatic heterocycles. The van der Waals surface area contributed by atoms with Crippen LogP contribution in [0.5, 0.6) is 0 Å². The molecule has 97 valence electrons. The zero-order valence-corrected chi connectivity index (χ0v) is 12.5. The van der Waals surface area contributed by atoms with Crippen molar-refractivity contribution in [2.75, 3.05) is 0 Å². The zero-order chi connectivity index (χ0) is 13.3. The van der Waals surface area contributed by atoms with Crippen LogP contribution in [0, 0.1) is 0 Å². The number of unbranched alkanes of at least 4 members (excludes halogenated alkanes) is 2. The van der Waals surface area contributed by atoms with Gasteiger partial charge in [0.05, 0.1) is 0 Å². The fourth-order valence-electron chi connectivity index (χ4n) is 2.12. The minimum atomic E-state index is -0.761. The second-order valence-electron chi connectivity index (χ2n) is 4.69. The molecule has 0 saturated carbocycles. The van der Waals surface area contributed by atoms with Gasteiger partial charge in [0.25, 0.3) is 0 Å². The molecule has 1 heteroatoms. The monoisotopic (exact) mass is 265 g/mol. The summed E-state index contributed by atoms with van der Waals surface area (Å²) in [6, 6.07) is 21.8. The van der Waals surface area contributed by atoms with Crippen molar-refractivity contribution in [1.29, 1.82) is 0 Å². The minimum absolute atomic E-state index is 0.761. The summed E-state index contributed by atoms with van der Waals surface area (Å²) in [5, 5.41) is 2.93. The van der Waals surface area contributed by atoms with Crippen molar-refractivity contribution in [3.63, 3.8) is 0 Å². The van der Waals surface area contributed by atoms with E-state index in [1.165, 1.54) is 29.6 Å². The molecule has 0 amide bonds. The third-order valence-corrected chi connectivity index (χ3v) is 5.66. The third kappa shape index (κ3) is 4.21. The maximum Gasteiger partial charge on any atom is 0.146 e. The van der Waals surface area contributed by atoms with Crippen molar-refractivity contribution in [2.45, 2.75) is 26.2 Å². The largest absolute Gasteiger partial charge is 0.146 e. The lowest BCUT2D eigenvalue weighted by Crippen LogP contribution is -2.40. The molecule has 0 atom stereocenters. The molecule has 0 saturated heterocycles. The van der Waals surface area contributed by atoms with Crippen LogP contribution in [0.15, 0.2) is 72.4 Å². The summed E-state index contributed by atoms with van der Waals surface area (Å²) in [5.74, 6) is 0. The van der Waals surface area contributed by atoms with Gasteiger partial charge in [-0.1, -0.05) is 103 Å². The first-order valence-electron chi connectivity index (χ1n) is 7.06. The SMILES string of the molecule is CCCC/C=C/[Si](c1ccccc1)c1ccccc1. The Hall–Kier alpha value is -1.60. The molecule has 2 rings (SSSR count). The summed E-state index contributed by atoms with van der Waals surface area (Å²) in [5.41, 5.74) is 2.45. The molecule has 0 unspecified atom stereocenters. The highest BCUT2D eigenvalue weighted by molar-refractivity contribution is 6.89. The lowest BCUT2D eigenvalue weighted by molar-refractivity contribution is 0.815. The Morgan fingerprint density at radius 3 is 1.84 bits per heavy atom. The minimum Gasteiger partial charge on any atom is -0.0919 e. The van der Waals surface area contributed by atoms with Crippen LogP contribution in [0.3, 0.4) is 0 Å². The molecule has 1 radical (unpaired) electrons. The van der Waals surface area contributed by atoms with Gasteiger partial charge in [0.15, 0.2) is 0 Å². The van der Waals surface area contributed by atoms with Gasteiger partial charge in [-0.2, -0.15) is 0 Å². The normalized spacial score (nSPS) is 11.3. The van der Waals surface area contributed by atoms with E-state index in [0.717, 1.165) is 0 Å². The van der Waals surface area contributed by atoms with E-state index in [1.54, 1.807) is 0 Å². The Labute approximate surface area is 118 Å². The van der Waals surface area contributed by atoms with Gasteiger partial charge in [0.1, 0.15) is 8.80 Å². The molecule has 0 aliphatic carbocycles. The van der Waals surface area contributed by atoms with Crippen LogP contribution in [-0.2, 0) is 0 Å². The summed E-state index contributed by atoms with van der Waals surface area (Å²) in [7, 11) is -0.761. The second kappa shape index (κ2) is 7.75. The average molecular weight is 265 g/mol. The van der Waals surface area contributed by atoms with Crippen molar-refractivity contribution >= 4 is 19.2 Å². The van der Waals surface area contributed by atoms with Crippen LogP contribution in [0.25, 0.3) is 0 Å². The lowest BCUT2D eigenvalue weighted by atomic mass is 10.2. The Bertz CT molecular complexity index is 448. The molecule has 2 aromatic carbocycles. The summed E-state index contributed by atoms with van der Waals surface area (Å²) in [6.45, 7) is 2.24. The Kier molecular flexibility index (Phi) is 5.64. The van der Waals surface area contributed by atoms with Crippen LogP contribution in [0.2, 0.25) is 0 Å². The molecule has 0 bridgehead atoms. The number of benzene rings is 2. The summed E-state index contributed by atoms with van der Waals surface area (Å²) >= 11 is 0. The van der Waals surface area contributed by atoms with Gasteiger partial charge in [0.2, 0.25) is 0 Å². The number of hydrogen-bond acceptors (Lipinski definition) is 0. The van der Waals surface area contributed by atoms with Gasteiger partial charge < -0.3 is 0 Å². The van der Waals surface area contributed by atoms with Gasteiger partial charge in [-0.25, -0.2) is 0 Å². The van der Waals surface area contributed by atoms with E-state index in [0.29, 0.717) is 0 Å². The van der Waals surface area contributed by atoms with Crippen LogP contribution >= 0.6 is 0 Å². The summed E-state index contributed by atoms with van der Waals surface area (Å²) in [4.78, 5) is 0. The second-order valence-corrected chi connectivity index (χ2v) is 7.01. The predicted molar refractivity (Wildman–Crippen MR) is 86.6 cm³/mol. The first-order chi connectivity index (χ1) is 9.42. The van der Waals surface area contributed by atoms with Crippen LogP contribution < -0.4 is 10.4 Å². The Balaban J connectivity index is 2.22. The van der Waals surface area contributed by atoms with Crippen LogP contribution in [0.1, 0.15) is 26.2 Å². The molecule has 2 aromatic rings. The van der Waals surface area contributed by atoms with Gasteiger partial charge in [-0.15, -0.1) is 0 Å². The number of hydrogen-bond donors (Lipinski definition) is 0. The van der Waals surface area contributed by atoms with Gasteiger partial charge in [0, 0.05) is 0 Å². The standard InChI is InChI=1S/C18H21Si/c1-2-3-4-11-16-19(17-12-7-5-8-13-17)18-14-9-6-10-15-18/h5-16H,2-4H2,1H3/b16-11+. The van der Waals surface area contributed by atoms with E-state index in [1.807, 2.05) is 0 Å². The van der Waals surface area contributed by atoms with Crippen LogP contribution in [-0.4, -0.2) is 8.80 Å². The average Bonchev–Trinajstić information content (AvgIpc) is 2.49. The maximum absolute atomic E-state index is 2.45. The van der Waals surface area contributed by atoms with Crippen molar-refractivity contribution in [3.05, 3.63) is 72.4 Å². The Morgan fingerprint density at radius 2 is 1.37 bits per heavy atom. The zero-order valence-electron chi connectivity index (χ0n) is 11.5. The highest BCUT2D eigenvalue weighted by Gasteiger charge is 2.12. The molecule has 0 aliphatic rings. The molecular formula is C18H21Si. The maximum atomic E-state index is 2.45. The molecule has 0 fully saturated rings. The van der Waals surface area contributed by atoms with Gasteiger partial charge >= 0.3 is 0 Å². The summed E-state index contributed by atoms with van der Waals surface area (Å²) < 4.78 is 0. The van der Waals surface area contributed by atoms with Crippen LogP contribution in [0.4, 0.5) is 0 Å². The van der Waals surface area contributed by atoms with Crippen molar-refractivity contribution in [1.82, 2.24) is 0 Å². The van der Waals surface area contributed by atoms with E-state index >= 15 is 0 Å². The molecule has 0 nitrogen and oxygen atoms in total. The summed E-state index contributed by atoms with van der Waals surface area (Å²) in [6.07, 6.45) is 6.13. The first kappa shape index (κ1) is 13.8.